The Bertz CT molecular complexity index is 453. The Balaban J connectivity index is 2.05. The summed E-state index contributed by atoms with van der Waals surface area (Å²) in [6.45, 7) is 6.17. The first-order valence-electron chi connectivity index (χ1n) is 6.24. The number of carbonyl (C=O) groups excluding carboxylic acids is 1. The number of carbonyl (C=O) groups is 1. The van der Waals surface area contributed by atoms with Gasteiger partial charge in [0.1, 0.15) is 5.75 Å². The highest BCUT2D eigenvalue weighted by molar-refractivity contribution is 5.80. The van der Waals surface area contributed by atoms with E-state index in [2.05, 4.69) is 22.8 Å². The van der Waals surface area contributed by atoms with Crippen molar-refractivity contribution in [2.24, 2.45) is 5.92 Å². The third kappa shape index (κ3) is 2.64. The summed E-state index contributed by atoms with van der Waals surface area (Å²) in [6, 6.07) is 4.14. The number of amides is 1. The standard InChI is InChI=1S/C14H20N2O2/c1-9-4-10(2)13(18-3)11(5-9)8-16-14(17)12-6-15-7-12/h4-5,12,15H,6-8H2,1-3H3,(H,16,17). The highest BCUT2D eigenvalue weighted by Crippen LogP contribution is 2.24. The molecule has 0 radical (unpaired) electrons. The molecule has 1 heterocycles. The third-order valence-electron chi connectivity index (χ3n) is 3.31. The summed E-state index contributed by atoms with van der Waals surface area (Å²) in [5, 5.41) is 6.07. The first kappa shape index (κ1) is 12.9. The highest BCUT2D eigenvalue weighted by Gasteiger charge is 2.24. The van der Waals surface area contributed by atoms with Crippen molar-refractivity contribution in [1.29, 1.82) is 0 Å². The summed E-state index contributed by atoms with van der Waals surface area (Å²) >= 11 is 0. The van der Waals surface area contributed by atoms with Gasteiger partial charge in [0.2, 0.25) is 5.91 Å². The van der Waals surface area contributed by atoms with Crippen molar-refractivity contribution in [2.75, 3.05) is 20.2 Å². The molecule has 2 rings (SSSR count). The van der Waals surface area contributed by atoms with Crippen molar-refractivity contribution >= 4 is 5.91 Å². The van der Waals surface area contributed by atoms with Crippen LogP contribution in [-0.4, -0.2) is 26.1 Å². The molecule has 1 fully saturated rings. The number of rotatable bonds is 4. The van der Waals surface area contributed by atoms with Gasteiger partial charge in [-0.05, 0) is 19.4 Å². The molecule has 0 saturated carbocycles. The van der Waals surface area contributed by atoms with Gasteiger partial charge >= 0.3 is 0 Å². The molecule has 1 aliphatic rings. The lowest BCUT2D eigenvalue weighted by Crippen LogP contribution is -2.50. The minimum Gasteiger partial charge on any atom is -0.496 e. The first-order chi connectivity index (χ1) is 8.61. The molecule has 0 unspecified atom stereocenters. The molecule has 2 N–H and O–H groups in total. The molecule has 4 nitrogen and oxygen atoms in total. The van der Waals surface area contributed by atoms with Crippen molar-refractivity contribution < 1.29 is 9.53 Å². The zero-order valence-electron chi connectivity index (χ0n) is 11.2. The molecule has 98 valence electrons. The van der Waals surface area contributed by atoms with Gasteiger partial charge in [-0.3, -0.25) is 4.79 Å². The van der Waals surface area contributed by atoms with Gasteiger partial charge in [-0.15, -0.1) is 0 Å². The van der Waals surface area contributed by atoms with Crippen molar-refractivity contribution in [3.05, 3.63) is 28.8 Å². The smallest absolute Gasteiger partial charge is 0.225 e. The Morgan fingerprint density at radius 2 is 2.17 bits per heavy atom. The molecule has 0 aromatic heterocycles. The zero-order chi connectivity index (χ0) is 13.1. The molecule has 18 heavy (non-hydrogen) atoms. The van der Waals surface area contributed by atoms with Crippen LogP contribution in [0.2, 0.25) is 0 Å². The van der Waals surface area contributed by atoms with Gasteiger partial charge in [-0.1, -0.05) is 17.7 Å². The summed E-state index contributed by atoms with van der Waals surface area (Å²) in [5.74, 6) is 1.12. The maximum Gasteiger partial charge on any atom is 0.225 e. The molecule has 0 aliphatic carbocycles. The van der Waals surface area contributed by atoms with Gasteiger partial charge in [-0.25, -0.2) is 0 Å². The molecule has 0 spiro atoms. The van der Waals surface area contributed by atoms with E-state index in [9.17, 15) is 4.79 Å². The molecular formula is C14H20N2O2. The quantitative estimate of drug-likeness (QED) is 0.840. The minimum atomic E-state index is 0.120. The lowest BCUT2D eigenvalue weighted by molar-refractivity contribution is -0.126. The van der Waals surface area contributed by atoms with E-state index in [1.54, 1.807) is 7.11 Å². The van der Waals surface area contributed by atoms with E-state index < -0.39 is 0 Å². The minimum absolute atomic E-state index is 0.120. The van der Waals surface area contributed by atoms with Crippen LogP contribution >= 0.6 is 0 Å². The number of hydrogen-bond acceptors (Lipinski definition) is 3. The van der Waals surface area contributed by atoms with E-state index in [4.69, 9.17) is 4.74 Å². The number of aryl methyl sites for hydroxylation is 2. The number of ether oxygens (including phenoxy) is 1. The van der Waals surface area contributed by atoms with Crippen molar-refractivity contribution in [3.8, 4) is 5.75 Å². The summed E-state index contributed by atoms with van der Waals surface area (Å²) in [7, 11) is 1.67. The van der Waals surface area contributed by atoms with E-state index in [0.717, 1.165) is 30.0 Å². The summed E-state index contributed by atoms with van der Waals surface area (Å²) in [5.41, 5.74) is 3.32. The van der Waals surface area contributed by atoms with Gasteiger partial charge < -0.3 is 15.4 Å². The third-order valence-corrected chi connectivity index (χ3v) is 3.31. The predicted octanol–water partition coefficient (Wildman–Crippen LogP) is 1.15. The first-order valence-corrected chi connectivity index (χ1v) is 6.24. The molecule has 1 saturated heterocycles. The Morgan fingerprint density at radius 3 is 2.72 bits per heavy atom. The Labute approximate surface area is 108 Å². The van der Waals surface area contributed by atoms with Crippen LogP contribution in [0.3, 0.4) is 0 Å². The molecule has 4 heteroatoms. The van der Waals surface area contributed by atoms with E-state index in [1.165, 1.54) is 5.56 Å². The second kappa shape index (κ2) is 5.40. The van der Waals surface area contributed by atoms with Crippen molar-refractivity contribution in [2.45, 2.75) is 20.4 Å². The van der Waals surface area contributed by atoms with Crippen molar-refractivity contribution in [3.63, 3.8) is 0 Å². The van der Waals surface area contributed by atoms with Crippen LogP contribution in [0.5, 0.6) is 5.75 Å². The molecule has 1 aliphatic heterocycles. The molecule has 0 atom stereocenters. The second-order valence-electron chi connectivity index (χ2n) is 4.85. The summed E-state index contributed by atoms with van der Waals surface area (Å²) in [6.07, 6.45) is 0. The lowest BCUT2D eigenvalue weighted by Gasteiger charge is -2.26. The molecule has 1 amide bonds. The number of methoxy groups -OCH3 is 1. The van der Waals surface area contributed by atoms with Crippen LogP contribution in [0.25, 0.3) is 0 Å². The van der Waals surface area contributed by atoms with Crippen LogP contribution in [0, 0.1) is 19.8 Å². The van der Waals surface area contributed by atoms with E-state index in [0.29, 0.717) is 6.54 Å². The number of nitrogens with one attached hydrogen (secondary N) is 2. The molecule has 1 aromatic carbocycles. The average Bonchev–Trinajstić information content (AvgIpc) is 2.23. The molecular weight excluding hydrogens is 228 g/mol. The number of hydrogen-bond donors (Lipinski definition) is 2. The molecule has 1 aromatic rings. The van der Waals surface area contributed by atoms with E-state index >= 15 is 0 Å². The van der Waals surface area contributed by atoms with Crippen LogP contribution in [0.1, 0.15) is 16.7 Å². The summed E-state index contributed by atoms with van der Waals surface area (Å²) in [4.78, 5) is 11.8. The fourth-order valence-electron chi connectivity index (χ4n) is 2.27. The lowest BCUT2D eigenvalue weighted by atomic mass is 10.0. The van der Waals surface area contributed by atoms with Gasteiger partial charge in [-0.2, -0.15) is 0 Å². The largest absolute Gasteiger partial charge is 0.496 e. The maximum atomic E-state index is 11.8. The van der Waals surface area contributed by atoms with Crippen LogP contribution in [0.15, 0.2) is 12.1 Å². The highest BCUT2D eigenvalue weighted by atomic mass is 16.5. The SMILES string of the molecule is COc1c(C)cc(C)cc1CNC(=O)C1CNC1. The van der Waals surface area contributed by atoms with Crippen molar-refractivity contribution in [1.82, 2.24) is 10.6 Å². The van der Waals surface area contributed by atoms with Crippen LogP contribution in [0.4, 0.5) is 0 Å². The van der Waals surface area contributed by atoms with Crippen LogP contribution in [-0.2, 0) is 11.3 Å². The van der Waals surface area contributed by atoms with E-state index in [1.807, 2.05) is 13.8 Å². The Hall–Kier alpha value is -1.55. The summed E-state index contributed by atoms with van der Waals surface area (Å²) < 4.78 is 5.40. The normalized spacial score (nSPS) is 15.1. The van der Waals surface area contributed by atoms with E-state index in [-0.39, 0.29) is 11.8 Å². The Morgan fingerprint density at radius 1 is 1.44 bits per heavy atom. The zero-order valence-corrected chi connectivity index (χ0v) is 11.2. The number of benzene rings is 1. The average molecular weight is 248 g/mol. The van der Waals surface area contributed by atoms with Gasteiger partial charge in [0.05, 0.1) is 13.0 Å². The van der Waals surface area contributed by atoms with Gasteiger partial charge in [0.25, 0.3) is 0 Å². The Kier molecular flexibility index (Phi) is 3.87. The van der Waals surface area contributed by atoms with Crippen LogP contribution < -0.4 is 15.4 Å². The maximum absolute atomic E-state index is 11.8. The topological polar surface area (TPSA) is 50.4 Å². The fraction of sp³-hybridized carbons (Fsp3) is 0.500. The second-order valence-corrected chi connectivity index (χ2v) is 4.85. The fourth-order valence-corrected chi connectivity index (χ4v) is 2.27. The monoisotopic (exact) mass is 248 g/mol. The molecule has 0 bridgehead atoms. The van der Waals surface area contributed by atoms with Gasteiger partial charge in [0.15, 0.2) is 0 Å². The van der Waals surface area contributed by atoms with Gasteiger partial charge in [0, 0.05) is 25.2 Å². The predicted molar refractivity (Wildman–Crippen MR) is 70.7 cm³/mol.